The van der Waals surface area contributed by atoms with Crippen molar-refractivity contribution in [1.82, 2.24) is 10.2 Å². The molecular weight excluding hydrogens is 268 g/mol. The molecule has 0 spiro atoms. The Kier molecular flexibility index (Phi) is 3.59. The van der Waals surface area contributed by atoms with Gasteiger partial charge in [-0.1, -0.05) is 11.6 Å². The largest absolute Gasteiger partial charge is 0.351 e. The van der Waals surface area contributed by atoms with Crippen molar-refractivity contribution in [2.24, 2.45) is 5.92 Å². The lowest BCUT2D eigenvalue weighted by molar-refractivity contribution is 0.0951. The highest BCUT2D eigenvalue weighted by Gasteiger charge is 2.34. The minimum atomic E-state index is 0.0109. The van der Waals surface area contributed by atoms with Crippen LogP contribution in [0.15, 0.2) is 12.1 Å². The lowest BCUT2D eigenvalue weighted by atomic mass is 10.1. The highest BCUT2D eigenvalue weighted by molar-refractivity contribution is 7.17. The predicted molar refractivity (Wildman–Crippen MR) is 74.4 cm³/mol. The van der Waals surface area contributed by atoms with Crippen LogP contribution < -0.4 is 5.32 Å². The number of hydrogen-bond acceptors (Lipinski definition) is 3. The van der Waals surface area contributed by atoms with Crippen LogP contribution in [0.3, 0.4) is 0 Å². The number of nitrogens with one attached hydrogen (secondary N) is 1. The van der Waals surface area contributed by atoms with Crippen molar-refractivity contribution in [1.29, 1.82) is 0 Å². The average Bonchev–Trinajstić information content (AvgIpc) is 2.95. The summed E-state index contributed by atoms with van der Waals surface area (Å²) in [5.74, 6) is 0.627. The highest BCUT2D eigenvalue weighted by Crippen LogP contribution is 2.31. The van der Waals surface area contributed by atoms with E-state index < -0.39 is 0 Å². The van der Waals surface area contributed by atoms with E-state index in [-0.39, 0.29) is 5.91 Å². The molecule has 2 fully saturated rings. The first-order valence-electron chi connectivity index (χ1n) is 6.50. The zero-order valence-electron chi connectivity index (χ0n) is 10.2. The predicted octanol–water partition coefficient (Wildman–Crippen LogP) is 2.62. The second kappa shape index (κ2) is 5.19. The van der Waals surface area contributed by atoms with E-state index in [1.807, 2.05) is 0 Å². The zero-order valence-corrected chi connectivity index (χ0v) is 11.8. The van der Waals surface area contributed by atoms with Crippen molar-refractivity contribution in [3.8, 4) is 0 Å². The summed E-state index contributed by atoms with van der Waals surface area (Å²) in [6.07, 6.45) is 3.95. The maximum Gasteiger partial charge on any atom is 0.261 e. The molecule has 1 aliphatic carbocycles. The van der Waals surface area contributed by atoms with Crippen molar-refractivity contribution in [2.45, 2.75) is 25.3 Å². The van der Waals surface area contributed by atoms with Crippen LogP contribution in [0.2, 0.25) is 4.34 Å². The SMILES string of the molecule is O=C(NC[C@H]1CCN(C2CC2)C1)c1ccc(Cl)s1. The van der Waals surface area contributed by atoms with Gasteiger partial charge in [-0.25, -0.2) is 0 Å². The van der Waals surface area contributed by atoms with E-state index in [0.29, 0.717) is 15.1 Å². The van der Waals surface area contributed by atoms with Crippen LogP contribution in [0.25, 0.3) is 0 Å². The molecular formula is C13H17ClN2OS. The molecule has 3 rings (SSSR count). The van der Waals surface area contributed by atoms with Gasteiger partial charge < -0.3 is 10.2 Å². The molecule has 1 atom stereocenters. The number of amides is 1. The maximum absolute atomic E-state index is 11.9. The first-order chi connectivity index (χ1) is 8.72. The Labute approximate surface area is 116 Å². The first kappa shape index (κ1) is 12.5. The van der Waals surface area contributed by atoms with E-state index in [2.05, 4.69) is 10.2 Å². The van der Waals surface area contributed by atoms with Gasteiger partial charge in [0.15, 0.2) is 0 Å². The Bertz CT molecular complexity index is 444. The average molecular weight is 285 g/mol. The molecule has 1 N–H and O–H groups in total. The summed E-state index contributed by atoms with van der Waals surface area (Å²) in [7, 11) is 0. The van der Waals surface area contributed by atoms with E-state index in [1.54, 1.807) is 12.1 Å². The third-order valence-corrected chi connectivity index (χ3v) is 4.96. The molecule has 2 aliphatic rings. The third-order valence-electron chi connectivity index (χ3n) is 3.73. The smallest absolute Gasteiger partial charge is 0.261 e. The van der Waals surface area contributed by atoms with Crippen LogP contribution in [0.4, 0.5) is 0 Å². The van der Waals surface area contributed by atoms with Gasteiger partial charge in [-0.2, -0.15) is 0 Å². The monoisotopic (exact) mass is 284 g/mol. The molecule has 1 aromatic heterocycles. The fourth-order valence-electron chi connectivity index (χ4n) is 2.56. The molecule has 1 saturated heterocycles. The second-order valence-electron chi connectivity index (χ2n) is 5.19. The van der Waals surface area contributed by atoms with E-state index in [0.717, 1.165) is 19.1 Å². The summed E-state index contributed by atoms with van der Waals surface area (Å²) < 4.78 is 0.668. The van der Waals surface area contributed by atoms with Crippen LogP contribution >= 0.6 is 22.9 Å². The van der Waals surface area contributed by atoms with Crippen LogP contribution in [0.1, 0.15) is 28.9 Å². The molecule has 98 valence electrons. The molecule has 0 bridgehead atoms. The van der Waals surface area contributed by atoms with Crippen LogP contribution in [0.5, 0.6) is 0 Å². The summed E-state index contributed by atoms with van der Waals surface area (Å²) in [4.78, 5) is 15.1. The summed E-state index contributed by atoms with van der Waals surface area (Å²) >= 11 is 7.16. The molecule has 0 unspecified atom stereocenters. The fraction of sp³-hybridized carbons (Fsp3) is 0.615. The van der Waals surface area contributed by atoms with Gasteiger partial charge in [-0.15, -0.1) is 11.3 Å². The van der Waals surface area contributed by atoms with Crippen molar-refractivity contribution >= 4 is 28.8 Å². The standard InChI is InChI=1S/C13H17ClN2OS/c14-12-4-3-11(18-12)13(17)15-7-9-5-6-16(8-9)10-1-2-10/h3-4,9-10H,1-2,5-8H2,(H,15,17)/t9-/m1/s1. The molecule has 1 aliphatic heterocycles. The van der Waals surface area contributed by atoms with E-state index in [4.69, 9.17) is 11.6 Å². The number of nitrogens with zero attached hydrogens (tertiary/aromatic N) is 1. The van der Waals surface area contributed by atoms with Gasteiger partial charge in [0.2, 0.25) is 0 Å². The minimum absolute atomic E-state index is 0.0109. The van der Waals surface area contributed by atoms with E-state index in [1.165, 1.54) is 37.1 Å². The van der Waals surface area contributed by atoms with Gasteiger partial charge in [0.1, 0.15) is 0 Å². The number of carbonyl (C=O) groups excluding carboxylic acids is 1. The van der Waals surface area contributed by atoms with Crippen molar-refractivity contribution in [3.63, 3.8) is 0 Å². The topological polar surface area (TPSA) is 32.3 Å². The third kappa shape index (κ3) is 2.87. The van der Waals surface area contributed by atoms with Crippen molar-refractivity contribution < 1.29 is 4.79 Å². The Morgan fingerprint density at radius 1 is 1.44 bits per heavy atom. The Balaban J connectivity index is 1.45. The molecule has 1 saturated carbocycles. The number of rotatable bonds is 4. The Morgan fingerprint density at radius 2 is 2.28 bits per heavy atom. The lowest BCUT2D eigenvalue weighted by Gasteiger charge is -2.14. The maximum atomic E-state index is 11.9. The number of halogens is 1. The van der Waals surface area contributed by atoms with Gasteiger partial charge in [0.05, 0.1) is 9.21 Å². The Morgan fingerprint density at radius 3 is 2.94 bits per heavy atom. The number of thiophene rings is 1. The molecule has 0 radical (unpaired) electrons. The van der Waals surface area contributed by atoms with Crippen LogP contribution in [-0.2, 0) is 0 Å². The van der Waals surface area contributed by atoms with Gasteiger partial charge in [0, 0.05) is 19.1 Å². The summed E-state index contributed by atoms with van der Waals surface area (Å²) in [5, 5.41) is 3.02. The van der Waals surface area contributed by atoms with Gasteiger partial charge >= 0.3 is 0 Å². The normalized spacial score (nSPS) is 24.4. The molecule has 5 heteroatoms. The molecule has 1 amide bonds. The number of carbonyl (C=O) groups is 1. The molecule has 1 aromatic rings. The molecule has 0 aromatic carbocycles. The number of likely N-dealkylation sites (tertiary alicyclic amines) is 1. The van der Waals surface area contributed by atoms with Crippen LogP contribution in [-0.4, -0.2) is 36.5 Å². The minimum Gasteiger partial charge on any atom is -0.351 e. The van der Waals surface area contributed by atoms with Gasteiger partial charge in [0.25, 0.3) is 5.91 Å². The Hall–Kier alpha value is -0.580. The second-order valence-corrected chi connectivity index (χ2v) is 6.91. The number of hydrogen-bond donors (Lipinski definition) is 1. The van der Waals surface area contributed by atoms with E-state index >= 15 is 0 Å². The summed E-state index contributed by atoms with van der Waals surface area (Å²) in [6.45, 7) is 3.14. The summed E-state index contributed by atoms with van der Waals surface area (Å²) in [5.41, 5.74) is 0. The van der Waals surface area contributed by atoms with Crippen LogP contribution in [0, 0.1) is 5.92 Å². The molecule has 18 heavy (non-hydrogen) atoms. The fourth-order valence-corrected chi connectivity index (χ4v) is 3.52. The molecule has 3 nitrogen and oxygen atoms in total. The van der Waals surface area contributed by atoms with Gasteiger partial charge in [-0.05, 0) is 43.9 Å². The van der Waals surface area contributed by atoms with E-state index in [9.17, 15) is 4.79 Å². The highest BCUT2D eigenvalue weighted by atomic mass is 35.5. The van der Waals surface area contributed by atoms with Crippen molar-refractivity contribution in [3.05, 3.63) is 21.3 Å². The van der Waals surface area contributed by atoms with Crippen molar-refractivity contribution in [2.75, 3.05) is 19.6 Å². The summed E-state index contributed by atoms with van der Waals surface area (Å²) in [6, 6.07) is 4.40. The van der Waals surface area contributed by atoms with Gasteiger partial charge in [-0.3, -0.25) is 4.79 Å². The first-order valence-corrected chi connectivity index (χ1v) is 7.69. The quantitative estimate of drug-likeness (QED) is 0.922. The zero-order chi connectivity index (χ0) is 12.5. The molecule has 2 heterocycles. The lowest BCUT2D eigenvalue weighted by Crippen LogP contribution is -2.31.